The topological polar surface area (TPSA) is 38.8 Å². The number of anilines is 1. The summed E-state index contributed by atoms with van der Waals surface area (Å²) in [6.45, 7) is 5.76. The summed E-state index contributed by atoms with van der Waals surface area (Å²) in [5.41, 5.74) is 4.56. The van der Waals surface area contributed by atoms with Gasteiger partial charge in [-0.3, -0.25) is 4.79 Å². The lowest BCUT2D eigenvalue weighted by molar-refractivity contribution is -0.166. The second-order valence-corrected chi connectivity index (χ2v) is 11.4. The lowest BCUT2D eigenvalue weighted by atomic mass is 9.49. The molecule has 0 radical (unpaired) electrons. The van der Waals surface area contributed by atoms with Crippen LogP contribution in [-0.2, 0) is 16.0 Å². The van der Waals surface area contributed by atoms with Gasteiger partial charge in [0, 0.05) is 32.1 Å². The van der Waals surface area contributed by atoms with Crippen molar-refractivity contribution >= 4 is 11.7 Å². The number of hydrogen-bond donors (Lipinski definition) is 0. The van der Waals surface area contributed by atoms with Crippen molar-refractivity contribution in [2.24, 2.45) is 17.3 Å². The van der Waals surface area contributed by atoms with Gasteiger partial charge in [-0.05, 0) is 104 Å². The summed E-state index contributed by atoms with van der Waals surface area (Å²) in [6, 6.07) is 15.8. The Balaban J connectivity index is 1.65. The Kier molecular flexibility index (Phi) is 6.31. The summed E-state index contributed by atoms with van der Waals surface area (Å²) < 4.78 is 11.8. The minimum absolute atomic E-state index is 0.197. The SMILES string of the molecule is CC#C[C@]1(OC(C)=O)CC[C@H]2[C@@H]3CCc4cc(OC)ccc4[C@H]3[C@@H](c3ccc(N(C)C)cc3)C[C@@]21C. The van der Waals surface area contributed by atoms with E-state index in [1.807, 2.05) is 6.92 Å². The van der Waals surface area contributed by atoms with Gasteiger partial charge in [0.25, 0.3) is 0 Å². The van der Waals surface area contributed by atoms with Crippen molar-refractivity contribution in [3.8, 4) is 17.6 Å². The van der Waals surface area contributed by atoms with Crippen molar-refractivity contribution in [2.75, 3.05) is 26.1 Å². The molecule has 4 nitrogen and oxygen atoms in total. The molecule has 3 aliphatic carbocycles. The molecule has 190 valence electrons. The third kappa shape index (κ3) is 3.79. The normalized spacial score (nSPS) is 32.3. The number of nitrogens with zero attached hydrogens (tertiary/aromatic N) is 1. The van der Waals surface area contributed by atoms with Gasteiger partial charge in [-0.25, -0.2) is 0 Å². The zero-order chi connectivity index (χ0) is 25.7. The number of ether oxygens (including phenoxy) is 2. The molecule has 2 fully saturated rings. The van der Waals surface area contributed by atoms with Crippen LogP contribution in [0.2, 0.25) is 0 Å². The number of esters is 1. The Labute approximate surface area is 216 Å². The first-order chi connectivity index (χ1) is 17.2. The Morgan fingerprint density at radius 2 is 1.86 bits per heavy atom. The molecule has 0 unspecified atom stereocenters. The zero-order valence-corrected chi connectivity index (χ0v) is 22.6. The monoisotopic (exact) mass is 485 g/mol. The minimum Gasteiger partial charge on any atom is -0.497 e. The molecule has 4 heteroatoms. The molecule has 0 saturated heterocycles. The molecule has 5 rings (SSSR count). The first kappa shape index (κ1) is 24.8. The van der Waals surface area contributed by atoms with Crippen LogP contribution in [0.25, 0.3) is 0 Å². The van der Waals surface area contributed by atoms with Crippen molar-refractivity contribution in [1.82, 2.24) is 0 Å². The van der Waals surface area contributed by atoms with Crippen LogP contribution in [0.15, 0.2) is 42.5 Å². The molecule has 0 N–H and O–H groups in total. The van der Waals surface area contributed by atoms with E-state index in [1.165, 1.54) is 29.3 Å². The molecule has 0 aliphatic heterocycles. The van der Waals surface area contributed by atoms with E-state index in [2.05, 4.69) is 80.2 Å². The summed E-state index contributed by atoms with van der Waals surface area (Å²) in [5.74, 6) is 9.05. The second kappa shape index (κ2) is 9.18. The number of rotatable bonds is 4. The molecule has 0 aromatic heterocycles. The van der Waals surface area contributed by atoms with Gasteiger partial charge >= 0.3 is 5.97 Å². The van der Waals surface area contributed by atoms with E-state index < -0.39 is 5.60 Å². The zero-order valence-electron chi connectivity index (χ0n) is 22.6. The molecule has 6 atom stereocenters. The van der Waals surface area contributed by atoms with Gasteiger partial charge in [0.15, 0.2) is 5.60 Å². The predicted molar refractivity (Wildman–Crippen MR) is 144 cm³/mol. The molecule has 2 saturated carbocycles. The van der Waals surface area contributed by atoms with Crippen molar-refractivity contribution in [3.05, 3.63) is 59.2 Å². The smallest absolute Gasteiger partial charge is 0.304 e. The fourth-order valence-electron chi connectivity index (χ4n) is 7.99. The van der Waals surface area contributed by atoms with E-state index in [0.717, 1.165) is 37.9 Å². The molecule has 0 heterocycles. The van der Waals surface area contributed by atoms with Crippen LogP contribution in [0, 0.1) is 29.1 Å². The lowest BCUT2D eigenvalue weighted by Crippen LogP contribution is -2.54. The van der Waals surface area contributed by atoms with Gasteiger partial charge in [-0.15, -0.1) is 5.92 Å². The van der Waals surface area contributed by atoms with Crippen LogP contribution in [0.1, 0.15) is 75.0 Å². The molecular weight excluding hydrogens is 446 g/mol. The quantitative estimate of drug-likeness (QED) is 0.374. The highest BCUT2D eigenvalue weighted by Crippen LogP contribution is 2.68. The Morgan fingerprint density at radius 1 is 1.11 bits per heavy atom. The van der Waals surface area contributed by atoms with Gasteiger partial charge in [0.05, 0.1) is 7.11 Å². The number of methoxy groups -OCH3 is 1. The minimum atomic E-state index is -0.717. The van der Waals surface area contributed by atoms with Gasteiger partial charge in [0.1, 0.15) is 5.75 Å². The van der Waals surface area contributed by atoms with E-state index in [4.69, 9.17) is 9.47 Å². The number of carbonyl (C=O) groups excluding carboxylic acids is 1. The standard InChI is InChI=1S/C32H39NO3/c1-7-17-32(36-21(2)34)18-16-29-27-14-10-23-19-25(35-6)13-15-26(23)30(27)28(20-31(29,32)3)22-8-11-24(12-9-22)33(4)5/h8-9,11-13,15,19,27-30H,10,14,16,18,20H2,1-6H3/t27-,28+,29-,30+,31-,32-/m0/s1. The Bertz CT molecular complexity index is 1210. The summed E-state index contributed by atoms with van der Waals surface area (Å²) in [5, 5.41) is 0. The fraction of sp³-hybridized carbons (Fsp3) is 0.531. The molecule has 2 aromatic carbocycles. The van der Waals surface area contributed by atoms with E-state index in [9.17, 15) is 4.79 Å². The van der Waals surface area contributed by atoms with Gasteiger partial charge in [0.2, 0.25) is 0 Å². The Hall–Kier alpha value is -2.93. The summed E-state index contributed by atoms with van der Waals surface area (Å²) in [4.78, 5) is 14.5. The van der Waals surface area contributed by atoms with Crippen molar-refractivity contribution in [1.29, 1.82) is 0 Å². The average molecular weight is 486 g/mol. The first-order valence-electron chi connectivity index (χ1n) is 13.3. The van der Waals surface area contributed by atoms with Gasteiger partial charge < -0.3 is 14.4 Å². The molecule has 0 bridgehead atoms. The van der Waals surface area contributed by atoms with Crippen LogP contribution in [0.3, 0.4) is 0 Å². The molecule has 0 spiro atoms. The highest BCUT2D eigenvalue weighted by Gasteiger charge is 2.65. The molecule has 2 aromatic rings. The van der Waals surface area contributed by atoms with Crippen LogP contribution in [0.5, 0.6) is 5.75 Å². The molecule has 36 heavy (non-hydrogen) atoms. The Morgan fingerprint density at radius 3 is 2.50 bits per heavy atom. The van der Waals surface area contributed by atoms with E-state index in [-0.39, 0.29) is 11.4 Å². The number of carbonyl (C=O) groups is 1. The van der Waals surface area contributed by atoms with E-state index in [1.54, 1.807) is 7.11 Å². The van der Waals surface area contributed by atoms with Crippen molar-refractivity contribution < 1.29 is 14.3 Å². The highest BCUT2D eigenvalue weighted by atomic mass is 16.6. The van der Waals surface area contributed by atoms with Gasteiger partial charge in [-0.1, -0.05) is 31.0 Å². The largest absolute Gasteiger partial charge is 0.497 e. The fourth-order valence-corrected chi connectivity index (χ4v) is 7.99. The first-order valence-corrected chi connectivity index (χ1v) is 13.3. The third-order valence-electron chi connectivity index (χ3n) is 9.54. The van der Waals surface area contributed by atoms with E-state index >= 15 is 0 Å². The summed E-state index contributed by atoms with van der Waals surface area (Å²) in [6.07, 6.45) is 5.03. The number of hydrogen-bond acceptors (Lipinski definition) is 4. The predicted octanol–water partition coefficient (Wildman–Crippen LogP) is 6.34. The average Bonchev–Trinajstić information content (AvgIpc) is 3.14. The van der Waals surface area contributed by atoms with Crippen molar-refractivity contribution in [3.63, 3.8) is 0 Å². The maximum atomic E-state index is 12.3. The molecular formula is C32H39NO3. The number of aryl methyl sites for hydroxylation is 1. The highest BCUT2D eigenvalue weighted by molar-refractivity contribution is 5.67. The molecule has 0 amide bonds. The van der Waals surface area contributed by atoms with Crippen LogP contribution >= 0.6 is 0 Å². The van der Waals surface area contributed by atoms with Crippen LogP contribution in [0.4, 0.5) is 5.69 Å². The van der Waals surface area contributed by atoms with Crippen LogP contribution < -0.4 is 9.64 Å². The summed E-state index contributed by atoms with van der Waals surface area (Å²) in [7, 11) is 5.91. The van der Waals surface area contributed by atoms with Gasteiger partial charge in [-0.2, -0.15) is 0 Å². The van der Waals surface area contributed by atoms with E-state index in [0.29, 0.717) is 23.7 Å². The molecule has 3 aliphatic rings. The van der Waals surface area contributed by atoms with Crippen molar-refractivity contribution in [2.45, 2.75) is 70.3 Å². The third-order valence-corrected chi connectivity index (χ3v) is 9.54. The summed E-state index contributed by atoms with van der Waals surface area (Å²) >= 11 is 0. The van der Waals surface area contributed by atoms with Crippen LogP contribution in [-0.4, -0.2) is 32.8 Å². The lowest BCUT2D eigenvalue weighted by Gasteiger charge is -2.56. The maximum Gasteiger partial charge on any atom is 0.304 e. The number of fused-ring (bicyclic) bond motifs is 5. The maximum absolute atomic E-state index is 12.3. The number of benzene rings is 2. The second-order valence-electron chi connectivity index (χ2n) is 11.4.